The molecule has 2 rings (SSSR count). The van der Waals surface area contributed by atoms with Crippen LogP contribution in [0.4, 0.5) is 4.39 Å². The van der Waals surface area contributed by atoms with Crippen molar-refractivity contribution in [1.29, 1.82) is 0 Å². The second-order valence-corrected chi connectivity index (χ2v) is 3.49. The van der Waals surface area contributed by atoms with Crippen LogP contribution in [0.2, 0.25) is 0 Å². The van der Waals surface area contributed by atoms with Crippen LogP contribution >= 0.6 is 0 Å². The Morgan fingerprint density at radius 1 is 1.44 bits per heavy atom. The summed E-state index contributed by atoms with van der Waals surface area (Å²) in [7, 11) is 0. The lowest BCUT2D eigenvalue weighted by Crippen LogP contribution is -1.99. The average molecular weight is 220 g/mol. The van der Waals surface area contributed by atoms with Crippen LogP contribution in [0.1, 0.15) is 18.4 Å². The maximum atomic E-state index is 13.2. The normalized spacial score (nSPS) is 10.7. The van der Waals surface area contributed by atoms with Gasteiger partial charge in [-0.3, -0.25) is 0 Å². The van der Waals surface area contributed by atoms with E-state index in [9.17, 15) is 4.39 Å². The molecule has 0 atom stereocenters. The van der Waals surface area contributed by atoms with Crippen LogP contribution in [0.15, 0.2) is 28.9 Å². The van der Waals surface area contributed by atoms with E-state index < -0.39 is 0 Å². The highest BCUT2D eigenvalue weighted by atomic mass is 19.1. The lowest BCUT2D eigenvalue weighted by atomic mass is 10.1. The Hall–Kier alpha value is -1.68. The zero-order chi connectivity index (χ0) is 11.5. The molecule has 0 spiro atoms. The fraction of sp³-hybridized carbons (Fsp3) is 0.250. The summed E-state index contributed by atoms with van der Waals surface area (Å²) in [6, 6.07) is 4.77. The topological polar surface area (TPSA) is 52.0 Å². The molecule has 84 valence electrons. The van der Waals surface area contributed by atoms with Crippen LogP contribution in [0.3, 0.4) is 0 Å². The summed E-state index contributed by atoms with van der Waals surface area (Å²) in [5.74, 6) is 0.388. The molecule has 0 aliphatic heterocycles. The number of benzene rings is 1. The Labute approximate surface area is 93.1 Å². The van der Waals surface area contributed by atoms with Gasteiger partial charge in [0, 0.05) is 24.1 Å². The monoisotopic (exact) mass is 220 g/mol. The van der Waals surface area contributed by atoms with Crippen molar-refractivity contribution in [1.82, 2.24) is 4.98 Å². The van der Waals surface area contributed by atoms with Gasteiger partial charge in [0.2, 0.25) is 0 Å². The molecule has 1 heterocycles. The number of nitrogens with zero attached hydrogens (tertiary/aromatic N) is 1. The maximum absolute atomic E-state index is 13.2. The molecular weight excluding hydrogens is 207 g/mol. The molecule has 1 aromatic carbocycles. The van der Waals surface area contributed by atoms with Gasteiger partial charge in [0.1, 0.15) is 17.8 Å². The van der Waals surface area contributed by atoms with Crippen LogP contribution in [0.25, 0.3) is 11.3 Å². The first-order chi connectivity index (χ1) is 7.74. The van der Waals surface area contributed by atoms with Crippen LogP contribution in [-0.2, 0) is 13.0 Å². The fourth-order valence-electron chi connectivity index (χ4n) is 1.50. The fourth-order valence-corrected chi connectivity index (χ4v) is 1.50. The van der Waals surface area contributed by atoms with Crippen molar-refractivity contribution in [3.05, 3.63) is 41.7 Å². The second kappa shape index (κ2) is 4.45. The van der Waals surface area contributed by atoms with E-state index in [0.29, 0.717) is 17.1 Å². The Bertz CT molecular complexity index is 494. The molecule has 2 aromatic rings. The van der Waals surface area contributed by atoms with Crippen LogP contribution in [0, 0.1) is 5.82 Å². The van der Waals surface area contributed by atoms with Crippen LogP contribution < -0.4 is 5.73 Å². The lowest BCUT2D eigenvalue weighted by Gasteiger charge is -2.01. The summed E-state index contributed by atoms with van der Waals surface area (Å²) < 4.78 is 18.5. The highest BCUT2D eigenvalue weighted by Crippen LogP contribution is 2.21. The molecule has 0 aliphatic carbocycles. The van der Waals surface area contributed by atoms with Gasteiger partial charge >= 0.3 is 0 Å². The minimum atomic E-state index is -0.287. The van der Waals surface area contributed by atoms with E-state index in [4.69, 9.17) is 10.2 Å². The number of halogens is 1. The Kier molecular flexibility index (Phi) is 3.01. The third-order valence-electron chi connectivity index (χ3n) is 2.42. The zero-order valence-corrected chi connectivity index (χ0v) is 9.03. The van der Waals surface area contributed by atoms with E-state index in [0.717, 1.165) is 12.0 Å². The van der Waals surface area contributed by atoms with Crippen LogP contribution in [-0.4, -0.2) is 4.98 Å². The summed E-state index contributed by atoms with van der Waals surface area (Å²) in [5, 5.41) is 0. The summed E-state index contributed by atoms with van der Waals surface area (Å²) in [6.45, 7) is 2.14. The standard InChI is InChI=1S/C12H13FN2O/c1-2-12-15-11(7-16-12)8-3-4-10(13)9(5-8)6-14/h3-5,7H,2,6,14H2,1H3. The van der Waals surface area contributed by atoms with Crippen molar-refractivity contribution >= 4 is 0 Å². The number of hydrogen-bond acceptors (Lipinski definition) is 3. The Morgan fingerprint density at radius 3 is 2.88 bits per heavy atom. The van der Waals surface area contributed by atoms with Gasteiger partial charge in [-0.05, 0) is 18.2 Å². The quantitative estimate of drug-likeness (QED) is 0.864. The molecule has 0 saturated carbocycles. The zero-order valence-electron chi connectivity index (χ0n) is 9.03. The molecule has 0 fully saturated rings. The van der Waals surface area contributed by atoms with Crippen molar-refractivity contribution in [2.45, 2.75) is 19.9 Å². The molecule has 0 saturated heterocycles. The Morgan fingerprint density at radius 2 is 2.25 bits per heavy atom. The van der Waals surface area contributed by atoms with E-state index in [1.165, 1.54) is 6.07 Å². The molecular formula is C12H13FN2O. The second-order valence-electron chi connectivity index (χ2n) is 3.49. The third kappa shape index (κ3) is 1.97. The van der Waals surface area contributed by atoms with E-state index in [2.05, 4.69) is 4.98 Å². The smallest absolute Gasteiger partial charge is 0.194 e. The van der Waals surface area contributed by atoms with Crippen molar-refractivity contribution in [3.8, 4) is 11.3 Å². The van der Waals surface area contributed by atoms with Crippen molar-refractivity contribution < 1.29 is 8.81 Å². The highest BCUT2D eigenvalue weighted by Gasteiger charge is 2.07. The van der Waals surface area contributed by atoms with Gasteiger partial charge in [0.15, 0.2) is 5.89 Å². The van der Waals surface area contributed by atoms with Crippen molar-refractivity contribution in [2.75, 3.05) is 0 Å². The summed E-state index contributed by atoms with van der Waals surface area (Å²) >= 11 is 0. The molecule has 16 heavy (non-hydrogen) atoms. The maximum Gasteiger partial charge on any atom is 0.194 e. The molecule has 1 aromatic heterocycles. The van der Waals surface area contributed by atoms with Gasteiger partial charge in [0.25, 0.3) is 0 Å². The molecule has 3 nitrogen and oxygen atoms in total. The first-order valence-corrected chi connectivity index (χ1v) is 5.18. The van der Waals surface area contributed by atoms with Crippen molar-refractivity contribution in [3.63, 3.8) is 0 Å². The number of aryl methyl sites for hydroxylation is 1. The molecule has 0 amide bonds. The molecule has 0 unspecified atom stereocenters. The first kappa shape index (κ1) is 10.8. The van der Waals surface area contributed by atoms with Gasteiger partial charge in [-0.1, -0.05) is 6.92 Å². The van der Waals surface area contributed by atoms with Crippen molar-refractivity contribution in [2.24, 2.45) is 5.73 Å². The molecule has 0 bridgehead atoms. The van der Waals surface area contributed by atoms with Gasteiger partial charge in [-0.25, -0.2) is 9.37 Å². The minimum absolute atomic E-state index is 0.179. The number of nitrogens with two attached hydrogens (primary N) is 1. The van der Waals surface area contributed by atoms with Gasteiger partial charge < -0.3 is 10.2 Å². The number of oxazole rings is 1. The molecule has 0 radical (unpaired) electrons. The van der Waals surface area contributed by atoms with E-state index in [1.54, 1.807) is 18.4 Å². The molecule has 4 heteroatoms. The Balaban J connectivity index is 2.40. The van der Waals surface area contributed by atoms with E-state index in [-0.39, 0.29) is 12.4 Å². The lowest BCUT2D eigenvalue weighted by molar-refractivity contribution is 0.502. The molecule has 2 N–H and O–H groups in total. The number of aromatic nitrogens is 1. The minimum Gasteiger partial charge on any atom is -0.448 e. The summed E-state index contributed by atoms with van der Waals surface area (Å²) in [6.07, 6.45) is 2.32. The third-order valence-corrected chi connectivity index (χ3v) is 2.42. The highest BCUT2D eigenvalue weighted by molar-refractivity contribution is 5.59. The summed E-state index contributed by atoms with van der Waals surface area (Å²) in [4.78, 5) is 4.27. The first-order valence-electron chi connectivity index (χ1n) is 5.18. The largest absolute Gasteiger partial charge is 0.448 e. The number of hydrogen-bond donors (Lipinski definition) is 1. The predicted octanol–water partition coefficient (Wildman–Crippen LogP) is 2.50. The van der Waals surface area contributed by atoms with Gasteiger partial charge in [0.05, 0.1) is 0 Å². The van der Waals surface area contributed by atoms with Gasteiger partial charge in [-0.2, -0.15) is 0 Å². The van der Waals surface area contributed by atoms with Gasteiger partial charge in [-0.15, -0.1) is 0 Å². The average Bonchev–Trinajstić information content (AvgIpc) is 2.78. The van der Waals surface area contributed by atoms with Crippen LogP contribution in [0.5, 0.6) is 0 Å². The SMILES string of the molecule is CCc1nc(-c2ccc(F)c(CN)c2)co1. The summed E-state index contributed by atoms with van der Waals surface area (Å²) in [5.41, 5.74) is 7.47. The number of rotatable bonds is 3. The van der Waals surface area contributed by atoms with E-state index >= 15 is 0 Å². The van der Waals surface area contributed by atoms with E-state index in [1.807, 2.05) is 6.92 Å². The predicted molar refractivity (Wildman–Crippen MR) is 59.2 cm³/mol. The molecule has 0 aliphatic rings.